The van der Waals surface area contributed by atoms with Gasteiger partial charge >= 0.3 is 5.69 Å². The zero-order chi connectivity index (χ0) is 15.6. The molecule has 0 bridgehead atoms. The van der Waals surface area contributed by atoms with Crippen molar-refractivity contribution >= 4 is 11.2 Å². The average Bonchev–Trinajstić information content (AvgIpc) is 2.88. The van der Waals surface area contributed by atoms with Crippen LogP contribution in [0.2, 0.25) is 0 Å². The highest BCUT2D eigenvalue weighted by Gasteiger charge is 2.16. The second-order valence-electron chi connectivity index (χ2n) is 5.39. The number of imidazole rings is 1. The standard InChI is InChI=1S/C14H23N5O2/c1-4-6-7-19-12-11(13(20)17(3)14(19)21)18(9-16-12)8-10(15)5-2/h9-10H,4-8,15H2,1-3H3. The number of rotatable bonds is 6. The van der Waals surface area contributed by atoms with E-state index in [1.807, 2.05) is 6.92 Å². The van der Waals surface area contributed by atoms with E-state index in [2.05, 4.69) is 11.9 Å². The molecule has 0 aromatic carbocycles. The molecule has 0 fully saturated rings. The van der Waals surface area contributed by atoms with Crippen molar-refractivity contribution in [1.82, 2.24) is 18.7 Å². The number of nitrogens with two attached hydrogens (primary N) is 1. The monoisotopic (exact) mass is 293 g/mol. The van der Waals surface area contributed by atoms with Gasteiger partial charge in [-0.2, -0.15) is 0 Å². The number of aryl methyl sites for hydroxylation is 1. The van der Waals surface area contributed by atoms with E-state index in [-0.39, 0.29) is 17.3 Å². The lowest BCUT2D eigenvalue weighted by Gasteiger charge is -2.12. The summed E-state index contributed by atoms with van der Waals surface area (Å²) in [5, 5.41) is 0. The maximum Gasteiger partial charge on any atom is 0.332 e. The second kappa shape index (κ2) is 6.26. The molecule has 2 heterocycles. The van der Waals surface area contributed by atoms with Gasteiger partial charge in [0.25, 0.3) is 5.56 Å². The normalized spacial score (nSPS) is 13.0. The van der Waals surface area contributed by atoms with Crippen LogP contribution in [-0.4, -0.2) is 24.7 Å². The molecule has 0 aliphatic heterocycles. The minimum atomic E-state index is -0.316. The highest BCUT2D eigenvalue weighted by molar-refractivity contribution is 5.70. The van der Waals surface area contributed by atoms with Crippen molar-refractivity contribution in [1.29, 1.82) is 0 Å². The van der Waals surface area contributed by atoms with Gasteiger partial charge in [0.15, 0.2) is 11.2 Å². The summed E-state index contributed by atoms with van der Waals surface area (Å²) in [7, 11) is 1.50. The molecular weight excluding hydrogens is 270 g/mol. The van der Waals surface area contributed by atoms with Gasteiger partial charge in [-0.1, -0.05) is 20.3 Å². The third-order valence-corrected chi connectivity index (χ3v) is 3.79. The zero-order valence-electron chi connectivity index (χ0n) is 12.9. The third-order valence-electron chi connectivity index (χ3n) is 3.79. The Balaban J connectivity index is 2.65. The Kier molecular flexibility index (Phi) is 4.62. The molecule has 1 unspecified atom stereocenters. The Hall–Kier alpha value is -1.89. The first-order valence-electron chi connectivity index (χ1n) is 7.41. The van der Waals surface area contributed by atoms with E-state index in [9.17, 15) is 9.59 Å². The van der Waals surface area contributed by atoms with Crippen LogP contribution in [0.4, 0.5) is 0 Å². The summed E-state index contributed by atoms with van der Waals surface area (Å²) in [5.41, 5.74) is 6.25. The van der Waals surface area contributed by atoms with Crippen molar-refractivity contribution < 1.29 is 0 Å². The number of hydrogen-bond donors (Lipinski definition) is 1. The summed E-state index contributed by atoms with van der Waals surface area (Å²) in [6.07, 6.45) is 4.26. The van der Waals surface area contributed by atoms with Crippen LogP contribution >= 0.6 is 0 Å². The fourth-order valence-electron chi connectivity index (χ4n) is 2.34. The van der Waals surface area contributed by atoms with Gasteiger partial charge in [0.05, 0.1) is 6.33 Å². The molecule has 0 amide bonds. The largest absolute Gasteiger partial charge is 0.332 e. The van der Waals surface area contributed by atoms with Gasteiger partial charge in [0, 0.05) is 26.2 Å². The molecule has 116 valence electrons. The molecule has 7 nitrogen and oxygen atoms in total. The predicted molar refractivity (Wildman–Crippen MR) is 82.4 cm³/mol. The lowest BCUT2D eigenvalue weighted by atomic mass is 10.2. The van der Waals surface area contributed by atoms with Crippen LogP contribution in [0.5, 0.6) is 0 Å². The van der Waals surface area contributed by atoms with E-state index in [0.29, 0.717) is 24.3 Å². The summed E-state index contributed by atoms with van der Waals surface area (Å²) in [5.74, 6) is 0. The van der Waals surface area contributed by atoms with Gasteiger partial charge in [0.1, 0.15) is 0 Å². The first kappa shape index (κ1) is 15.5. The van der Waals surface area contributed by atoms with Crippen molar-refractivity contribution in [3.8, 4) is 0 Å². The van der Waals surface area contributed by atoms with Crippen molar-refractivity contribution in [2.24, 2.45) is 12.8 Å². The van der Waals surface area contributed by atoms with Gasteiger partial charge in [-0.3, -0.25) is 13.9 Å². The Morgan fingerprint density at radius 3 is 2.67 bits per heavy atom. The number of aromatic nitrogens is 4. The lowest BCUT2D eigenvalue weighted by molar-refractivity contribution is 0.544. The number of nitrogens with zero attached hydrogens (tertiary/aromatic N) is 4. The third kappa shape index (κ3) is 2.78. The summed E-state index contributed by atoms with van der Waals surface area (Å²) in [6.45, 7) is 5.15. The Morgan fingerprint density at radius 1 is 1.33 bits per heavy atom. The highest BCUT2D eigenvalue weighted by atomic mass is 16.2. The van der Waals surface area contributed by atoms with Gasteiger partial charge in [-0.05, 0) is 12.8 Å². The molecule has 0 radical (unpaired) electrons. The summed E-state index contributed by atoms with van der Waals surface area (Å²) in [6, 6.07) is -0.0388. The Morgan fingerprint density at radius 2 is 2.05 bits per heavy atom. The first-order valence-corrected chi connectivity index (χ1v) is 7.41. The molecule has 21 heavy (non-hydrogen) atoms. The van der Waals surface area contributed by atoms with Gasteiger partial charge < -0.3 is 10.3 Å². The van der Waals surface area contributed by atoms with E-state index < -0.39 is 0 Å². The smallest absolute Gasteiger partial charge is 0.326 e. The summed E-state index contributed by atoms with van der Waals surface area (Å²) >= 11 is 0. The van der Waals surface area contributed by atoms with Crippen molar-refractivity contribution in [3.63, 3.8) is 0 Å². The summed E-state index contributed by atoms with van der Waals surface area (Å²) in [4.78, 5) is 28.9. The maximum absolute atomic E-state index is 12.4. The van der Waals surface area contributed by atoms with Crippen LogP contribution in [0.25, 0.3) is 11.2 Å². The minimum Gasteiger partial charge on any atom is -0.326 e. The van der Waals surface area contributed by atoms with Crippen LogP contribution in [0, 0.1) is 0 Å². The van der Waals surface area contributed by atoms with E-state index in [0.717, 1.165) is 23.8 Å². The predicted octanol–water partition coefficient (Wildman–Crippen LogP) is 0.434. The van der Waals surface area contributed by atoms with Crippen LogP contribution in [0.15, 0.2) is 15.9 Å². The van der Waals surface area contributed by atoms with Crippen LogP contribution in [0.3, 0.4) is 0 Å². The molecular formula is C14H23N5O2. The molecule has 2 aromatic rings. The van der Waals surface area contributed by atoms with E-state index in [4.69, 9.17) is 5.73 Å². The molecule has 0 aliphatic rings. The second-order valence-corrected chi connectivity index (χ2v) is 5.39. The maximum atomic E-state index is 12.4. The molecule has 0 aliphatic carbocycles. The van der Waals surface area contributed by atoms with Crippen LogP contribution in [0.1, 0.15) is 33.1 Å². The number of hydrogen-bond acceptors (Lipinski definition) is 4. The molecule has 1 atom stereocenters. The molecule has 2 aromatic heterocycles. The van der Waals surface area contributed by atoms with Crippen molar-refractivity contribution in [2.45, 2.75) is 52.2 Å². The quantitative estimate of drug-likeness (QED) is 0.837. The Bertz CT molecular complexity index is 740. The Labute approximate surface area is 123 Å². The molecule has 2 rings (SSSR count). The summed E-state index contributed by atoms with van der Waals surface area (Å²) < 4.78 is 4.48. The minimum absolute atomic E-state index is 0.0388. The van der Waals surface area contributed by atoms with Crippen molar-refractivity contribution in [3.05, 3.63) is 27.2 Å². The van der Waals surface area contributed by atoms with E-state index in [1.165, 1.54) is 7.05 Å². The fraction of sp³-hybridized carbons (Fsp3) is 0.643. The SMILES string of the molecule is CCCCn1c(=O)n(C)c(=O)c2c1ncn2CC(N)CC. The van der Waals surface area contributed by atoms with E-state index >= 15 is 0 Å². The molecule has 0 spiro atoms. The number of fused-ring (bicyclic) bond motifs is 1. The van der Waals surface area contributed by atoms with E-state index in [1.54, 1.807) is 15.5 Å². The fourth-order valence-corrected chi connectivity index (χ4v) is 2.34. The first-order chi connectivity index (χ1) is 10.0. The molecule has 7 heteroatoms. The van der Waals surface area contributed by atoms with Gasteiger partial charge in [0.2, 0.25) is 0 Å². The van der Waals surface area contributed by atoms with Gasteiger partial charge in [-0.25, -0.2) is 9.78 Å². The molecule has 0 saturated carbocycles. The average molecular weight is 293 g/mol. The lowest BCUT2D eigenvalue weighted by Crippen LogP contribution is -2.39. The van der Waals surface area contributed by atoms with Crippen LogP contribution in [-0.2, 0) is 20.1 Å². The topological polar surface area (TPSA) is 87.8 Å². The number of unbranched alkanes of at least 4 members (excludes halogenated alkanes) is 1. The molecule has 2 N–H and O–H groups in total. The van der Waals surface area contributed by atoms with Crippen LogP contribution < -0.4 is 17.0 Å². The van der Waals surface area contributed by atoms with Crippen molar-refractivity contribution in [2.75, 3.05) is 0 Å². The molecule has 0 saturated heterocycles. The zero-order valence-corrected chi connectivity index (χ0v) is 12.9. The van der Waals surface area contributed by atoms with Gasteiger partial charge in [-0.15, -0.1) is 0 Å². The highest BCUT2D eigenvalue weighted by Crippen LogP contribution is 2.08.